The number of benzene rings is 1. The molecule has 21 heavy (non-hydrogen) atoms. The van der Waals surface area contributed by atoms with Gasteiger partial charge in [0.1, 0.15) is 0 Å². The first-order valence-corrected chi connectivity index (χ1v) is 7.46. The summed E-state index contributed by atoms with van der Waals surface area (Å²) in [6, 6.07) is 8.50. The summed E-state index contributed by atoms with van der Waals surface area (Å²) in [5.41, 5.74) is 3.39. The highest BCUT2D eigenvalue weighted by Crippen LogP contribution is 2.47. The van der Waals surface area contributed by atoms with Crippen LogP contribution in [0.4, 0.5) is 0 Å². The van der Waals surface area contributed by atoms with Gasteiger partial charge < -0.3 is 14.4 Å². The normalized spacial score (nSPS) is 30.0. The third-order valence-corrected chi connectivity index (χ3v) is 4.92. The summed E-state index contributed by atoms with van der Waals surface area (Å²) in [6.07, 6.45) is 3.38. The van der Waals surface area contributed by atoms with Crippen molar-refractivity contribution in [2.24, 2.45) is 11.3 Å². The number of hydrogen-bond acceptors (Lipinski definition) is 3. The number of aliphatic hydroxyl groups is 1. The molecule has 1 N–H and O–H groups in total. The molecule has 4 nitrogen and oxygen atoms in total. The predicted molar refractivity (Wildman–Crippen MR) is 79.9 cm³/mol. The van der Waals surface area contributed by atoms with Crippen molar-refractivity contribution in [1.82, 2.24) is 9.55 Å². The summed E-state index contributed by atoms with van der Waals surface area (Å²) in [6.45, 7) is 5.33. The van der Waals surface area contributed by atoms with Crippen molar-refractivity contribution >= 4 is 0 Å². The van der Waals surface area contributed by atoms with Crippen molar-refractivity contribution in [1.29, 1.82) is 0 Å². The van der Waals surface area contributed by atoms with Gasteiger partial charge in [0, 0.05) is 16.9 Å². The molecular formula is C17H20N2O2. The van der Waals surface area contributed by atoms with E-state index in [0.717, 1.165) is 5.69 Å². The Morgan fingerprint density at radius 3 is 3.00 bits per heavy atom. The standard InChI is InChI=1S/C17H20N2O2/c1-17(2)9-21-8-13(16(17)20)15-12-6-4-3-5-11(12)14-7-18-10-19(14)15/h3-7,10,13,15-16,20H,8-9H2,1-2H3/t13-,15+,16-/m0/s1. The highest BCUT2D eigenvalue weighted by Gasteiger charge is 2.45. The largest absolute Gasteiger partial charge is 0.392 e. The molecule has 0 amide bonds. The Hall–Kier alpha value is -1.65. The van der Waals surface area contributed by atoms with Crippen LogP contribution in [0.25, 0.3) is 11.3 Å². The Kier molecular flexibility index (Phi) is 2.75. The summed E-state index contributed by atoms with van der Waals surface area (Å²) in [5, 5.41) is 10.8. The van der Waals surface area contributed by atoms with Crippen molar-refractivity contribution in [2.75, 3.05) is 13.2 Å². The van der Waals surface area contributed by atoms with E-state index in [4.69, 9.17) is 4.74 Å². The quantitative estimate of drug-likeness (QED) is 0.875. The van der Waals surface area contributed by atoms with Crippen LogP contribution in [0.5, 0.6) is 0 Å². The molecule has 4 heteroatoms. The van der Waals surface area contributed by atoms with Gasteiger partial charge in [0.05, 0.1) is 43.6 Å². The lowest BCUT2D eigenvalue weighted by Crippen LogP contribution is -2.49. The second kappa shape index (κ2) is 4.42. The zero-order valence-electron chi connectivity index (χ0n) is 12.4. The lowest BCUT2D eigenvalue weighted by atomic mass is 9.74. The molecule has 0 spiro atoms. The smallest absolute Gasteiger partial charge is 0.0956 e. The Balaban J connectivity index is 1.82. The molecule has 1 fully saturated rings. The van der Waals surface area contributed by atoms with Gasteiger partial charge in [-0.25, -0.2) is 4.98 Å². The fourth-order valence-corrected chi connectivity index (χ4v) is 3.79. The molecule has 1 aromatic heterocycles. The van der Waals surface area contributed by atoms with Crippen LogP contribution in [0, 0.1) is 11.3 Å². The van der Waals surface area contributed by atoms with Gasteiger partial charge in [0.2, 0.25) is 0 Å². The fourth-order valence-electron chi connectivity index (χ4n) is 3.79. The second-order valence-corrected chi connectivity index (χ2v) is 6.83. The average molecular weight is 284 g/mol. The predicted octanol–water partition coefficient (Wildman–Crippen LogP) is 2.49. The first kappa shape index (κ1) is 13.0. The molecule has 2 aliphatic heterocycles. The van der Waals surface area contributed by atoms with Gasteiger partial charge in [0.15, 0.2) is 0 Å². The van der Waals surface area contributed by atoms with Gasteiger partial charge in [0.25, 0.3) is 0 Å². The molecule has 0 radical (unpaired) electrons. The van der Waals surface area contributed by atoms with E-state index in [1.807, 2.05) is 12.5 Å². The van der Waals surface area contributed by atoms with E-state index in [-0.39, 0.29) is 17.4 Å². The van der Waals surface area contributed by atoms with E-state index in [0.29, 0.717) is 13.2 Å². The van der Waals surface area contributed by atoms with Crippen LogP contribution in [-0.4, -0.2) is 34.0 Å². The first-order valence-electron chi connectivity index (χ1n) is 7.46. The van der Waals surface area contributed by atoms with Gasteiger partial charge in [-0.15, -0.1) is 0 Å². The van der Waals surface area contributed by atoms with Gasteiger partial charge in [-0.2, -0.15) is 0 Å². The van der Waals surface area contributed by atoms with Crippen molar-refractivity contribution in [3.05, 3.63) is 42.4 Å². The van der Waals surface area contributed by atoms with Gasteiger partial charge in [-0.3, -0.25) is 0 Å². The second-order valence-electron chi connectivity index (χ2n) is 6.83. The number of aliphatic hydroxyl groups excluding tert-OH is 1. The molecule has 0 unspecified atom stereocenters. The van der Waals surface area contributed by atoms with Crippen LogP contribution in [0.15, 0.2) is 36.8 Å². The summed E-state index contributed by atoms with van der Waals surface area (Å²) in [4.78, 5) is 4.29. The van der Waals surface area contributed by atoms with Crippen LogP contribution < -0.4 is 0 Å². The molecule has 4 rings (SSSR count). The van der Waals surface area contributed by atoms with Crippen LogP contribution in [-0.2, 0) is 4.74 Å². The molecule has 3 heterocycles. The molecule has 2 aliphatic rings. The van der Waals surface area contributed by atoms with Crippen molar-refractivity contribution in [3.63, 3.8) is 0 Å². The van der Waals surface area contributed by atoms with E-state index in [1.54, 1.807) is 0 Å². The fraction of sp³-hybridized carbons (Fsp3) is 0.471. The highest BCUT2D eigenvalue weighted by molar-refractivity contribution is 5.69. The Morgan fingerprint density at radius 1 is 1.33 bits per heavy atom. The minimum Gasteiger partial charge on any atom is -0.392 e. The van der Waals surface area contributed by atoms with Crippen LogP contribution >= 0.6 is 0 Å². The highest BCUT2D eigenvalue weighted by atomic mass is 16.5. The summed E-state index contributed by atoms with van der Waals surface area (Å²) in [7, 11) is 0. The maximum Gasteiger partial charge on any atom is 0.0956 e. The lowest BCUT2D eigenvalue weighted by molar-refractivity contribution is -0.129. The SMILES string of the molecule is CC1(C)COC[C@@H]([C@H]2c3ccccc3-c3cncn32)[C@@H]1O. The molecule has 1 aromatic carbocycles. The topological polar surface area (TPSA) is 47.3 Å². The van der Waals surface area contributed by atoms with Crippen LogP contribution in [0.1, 0.15) is 25.5 Å². The Labute approximate surface area is 124 Å². The minimum atomic E-state index is -0.391. The van der Waals surface area contributed by atoms with E-state index >= 15 is 0 Å². The Morgan fingerprint density at radius 2 is 2.14 bits per heavy atom. The first-order chi connectivity index (χ1) is 10.1. The zero-order chi connectivity index (χ0) is 14.6. The number of ether oxygens (including phenoxy) is 1. The molecule has 0 saturated carbocycles. The van der Waals surface area contributed by atoms with E-state index in [1.165, 1.54) is 11.1 Å². The molecule has 3 atom stereocenters. The average Bonchev–Trinajstić information content (AvgIpc) is 3.03. The summed E-state index contributed by atoms with van der Waals surface area (Å²) >= 11 is 0. The molecule has 110 valence electrons. The van der Waals surface area contributed by atoms with E-state index < -0.39 is 6.10 Å². The van der Waals surface area contributed by atoms with Gasteiger partial charge in [-0.1, -0.05) is 38.1 Å². The van der Waals surface area contributed by atoms with Crippen LogP contribution in [0.2, 0.25) is 0 Å². The molecule has 1 saturated heterocycles. The number of nitrogens with zero attached hydrogens (tertiary/aromatic N) is 2. The third kappa shape index (κ3) is 1.79. The van der Waals surface area contributed by atoms with Crippen molar-refractivity contribution < 1.29 is 9.84 Å². The Bertz CT molecular complexity index is 677. The molecule has 0 aliphatic carbocycles. The zero-order valence-corrected chi connectivity index (χ0v) is 12.4. The number of rotatable bonds is 1. The monoisotopic (exact) mass is 284 g/mol. The summed E-state index contributed by atoms with van der Waals surface area (Å²) in [5.74, 6) is 0.0466. The molecular weight excluding hydrogens is 264 g/mol. The maximum atomic E-state index is 10.8. The number of hydrogen-bond donors (Lipinski definition) is 1. The number of aromatic nitrogens is 2. The van der Waals surface area contributed by atoms with E-state index in [2.05, 4.69) is 47.7 Å². The number of fused-ring (bicyclic) bond motifs is 3. The van der Waals surface area contributed by atoms with Gasteiger partial charge >= 0.3 is 0 Å². The van der Waals surface area contributed by atoms with Crippen molar-refractivity contribution in [3.8, 4) is 11.3 Å². The van der Waals surface area contributed by atoms with Gasteiger partial charge in [-0.05, 0) is 5.56 Å². The van der Waals surface area contributed by atoms with Crippen molar-refractivity contribution in [2.45, 2.75) is 26.0 Å². The molecule has 2 aromatic rings. The number of imidazole rings is 1. The minimum absolute atomic E-state index is 0.0466. The van der Waals surface area contributed by atoms with E-state index in [9.17, 15) is 5.11 Å². The van der Waals surface area contributed by atoms with Crippen LogP contribution in [0.3, 0.4) is 0 Å². The maximum absolute atomic E-state index is 10.8. The lowest BCUT2D eigenvalue weighted by Gasteiger charge is -2.43. The summed E-state index contributed by atoms with van der Waals surface area (Å²) < 4.78 is 7.98. The third-order valence-electron chi connectivity index (χ3n) is 4.92. The molecule has 0 bridgehead atoms.